The summed E-state index contributed by atoms with van der Waals surface area (Å²) in [5.74, 6) is 0.571. The number of hydrogen-bond acceptors (Lipinski definition) is 5. The van der Waals surface area contributed by atoms with Crippen molar-refractivity contribution in [2.45, 2.75) is 6.54 Å². The minimum atomic E-state index is -0.375. The Balaban J connectivity index is 1.54. The van der Waals surface area contributed by atoms with Crippen molar-refractivity contribution in [3.63, 3.8) is 0 Å². The zero-order chi connectivity index (χ0) is 19.1. The van der Waals surface area contributed by atoms with Crippen LogP contribution in [-0.2, 0) is 11.3 Å². The minimum absolute atomic E-state index is 0.107. The van der Waals surface area contributed by atoms with E-state index in [0.717, 1.165) is 37.6 Å². The highest BCUT2D eigenvalue weighted by molar-refractivity contribution is 6.30. The molecule has 0 radical (unpaired) electrons. The van der Waals surface area contributed by atoms with Gasteiger partial charge in [-0.1, -0.05) is 29.8 Å². The highest BCUT2D eigenvalue weighted by atomic mass is 35.5. The molecule has 1 fully saturated rings. The zero-order valence-electron chi connectivity index (χ0n) is 14.8. The number of carbonyl (C=O) groups excluding carboxylic acids is 1. The van der Waals surface area contributed by atoms with Gasteiger partial charge in [0.05, 0.1) is 0 Å². The molecule has 0 unspecified atom stereocenters. The van der Waals surface area contributed by atoms with Gasteiger partial charge in [0.15, 0.2) is 0 Å². The van der Waals surface area contributed by atoms with Gasteiger partial charge in [-0.25, -0.2) is 4.98 Å². The topological polar surface area (TPSA) is 72.3 Å². The summed E-state index contributed by atoms with van der Waals surface area (Å²) in [6.45, 7) is 3.39. The lowest BCUT2D eigenvalue weighted by molar-refractivity contribution is -0.117. The molecule has 0 aliphatic carbocycles. The number of amides is 1. The molecule has 3 rings (SSSR count). The molecule has 6 nitrogen and oxygen atoms in total. The van der Waals surface area contributed by atoms with E-state index < -0.39 is 0 Å². The summed E-state index contributed by atoms with van der Waals surface area (Å²) in [7, 11) is 0. The van der Waals surface area contributed by atoms with Crippen molar-refractivity contribution >= 4 is 23.3 Å². The van der Waals surface area contributed by atoms with Crippen LogP contribution in [0.5, 0.6) is 0 Å². The Morgan fingerprint density at radius 2 is 1.93 bits per heavy atom. The average Bonchev–Trinajstić information content (AvgIpc) is 2.72. The summed E-state index contributed by atoms with van der Waals surface area (Å²) in [5.41, 5.74) is 1.03. The highest BCUT2D eigenvalue weighted by Gasteiger charge is 2.18. The van der Waals surface area contributed by atoms with E-state index in [-0.39, 0.29) is 11.5 Å². The first kappa shape index (κ1) is 18.7. The van der Waals surface area contributed by atoms with Gasteiger partial charge in [0, 0.05) is 50.1 Å². The number of nitriles is 1. The number of rotatable bonds is 5. The third kappa shape index (κ3) is 5.22. The van der Waals surface area contributed by atoms with Crippen LogP contribution in [0.1, 0.15) is 5.56 Å². The quantitative estimate of drug-likeness (QED) is 0.636. The first-order valence-corrected chi connectivity index (χ1v) is 9.08. The maximum Gasteiger partial charge on any atom is 0.263 e. The Hall–Kier alpha value is -3.04. The summed E-state index contributed by atoms with van der Waals surface area (Å²) < 4.78 is 0. The van der Waals surface area contributed by atoms with Gasteiger partial charge in [-0.3, -0.25) is 4.79 Å². The van der Waals surface area contributed by atoms with Gasteiger partial charge in [0.2, 0.25) is 0 Å². The Kier molecular flexibility index (Phi) is 6.29. The second-order valence-electron chi connectivity index (χ2n) is 6.17. The van der Waals surface area contributed by atoms with Gasteiger partial charge in [-0.2, -0.15) is 5.26 Å². The van der Waals surface area contributed by atoms with Crippen LogP contribution in [0.2, 0.25) is 5.02 Å². The maximum absolute atomic E-state index is 12.3. The van der Waals surface area contributed by atoms with Gasteiger partial charge in [-0.05, 0) is 29.8 Å². The molecule has 0 atom stereocenters. The molecule has 2 aromatic rings. The van der Waals surface area contributed by atoms with Crippen molar-refractivity contribution in [1.29, 1.82) is 5.26 Å². The molecule has 7 heteroatoms. The van der Waals surface area contributed by atoms with Gasteiger partial charge < -0.3 is 15.1 Å². The molecule has 1 amide bonds. The smallest absolute Gasteiger partial charge is 0.263 e. The van der Waals surface area contributed by atoms with Crippen molar-refractivity contribution in [2.75, 3.05) is 31.1 Å². The standard InChI is InChI=1S/C20H20ClN5O/c21-18-6-4-16(5-7-18)14-24-20(27)17(13-22)15-25-9-11-26(12-10-25)19-3-1-2-8-23-19/h1-8,15H,9-12,14H2,(H,24,27)/b17-15-. The lowest BCUT2D eigenvalue weighted by Gasteiger charge is -2.34. The SMILES string of the molecule is N#C/C(=C/N1CCN(c2ccccn2)CC1)C(=O)NCc1ccc(Cl)cc1. The van der Waals surface area contributed by atoms with E-state index in [2.05, 4.69) is 15.2 Å². The molecule has 27 heavy (non-hydrogen) atoms. The van der Waals surface area contributed by atoms with Crippen molar-refractivity contribution in [1.82, 2.24) is 15.2 Å². The highest BCUT2D eigenvalue weighted by Crippen LogP contribution is 2.13. The van der Waals surface area contributed by atoms with Crippen LogP contribution >= 0.6 is 11.6 Å². The number of aromatic nitrogens is 1. The van der Waals surface area contributed by atoms with Crippen molar-refractivity contribution in [3.8, 4) is 6.07 Å². The third-order valence-corrected chi connectivity index (χ3v) is 4.58. The average molecular weight is 382 g/mol. The molecule has 0 spiro atoms. The monoisotopic (exact) mass is 381 g/mol. The normalized spacial score (nSPS) is 14.6. The molecule has 1 N–H and O–H groups in total. The number of nitrogens with one attached hydrogen (secondary N) is 1. The molecule has 0 saturated carbocycles. The summed E-state index contributed by atoms with van der Waals surface area (Å²) in [5, 5.41) is 12.8. The van der Waals surface area contributed by atoms with E-state index in [1.807, 2.05) is 41.3 Å². The molecule has 1 aliphatic heterocycles. The number of halogens is 1. The number of piperazine rings is 1. The first-order chi connectivity index (χ1) is 13.2. The Bertz CT molecular complexity index is 837. The number of benzene rings is 1. The van der Waals surface area contributed by atoms with E-state index in [4.69, 9.17) is 11.6 Å². The van der Waals surface area contributed by atoms with Gasteiger partial charge in [0.1, 0.15) is 17.5 Å². The zero-order valence-corrected chi connectivity index (χ0v) is 15.6. The van der Waals surface area contributed by atoms with Crippen LogP contribution in [-0.4, -0.2) is 42.0 Å². The Labute approximate surface area is 163 Å². The molecule has 1 aromatic heterocycles. The summed E-state index contributed by atoms with van der Waals surface area (Å²) in [6.07, 6.45) is 3.42. The molecular weight excluding hydrogens is 362 g/mol. The van der Waals surface area contributed by atoms with Crippen LogP contribution in [0, 0.1) is 11.3 Å². The van der Waals surface area contributed by atoms with Gasteiger partial charge in [-0.15, -0.1) is 0 Å². The van der Waals surface area contributed by atoms with Crippen LogP contribution < -0.4 is 10.2 Å². The fourth-order valence-electron chi connectivity index (χ4n) is 2.82. The van der Waals surface area contributed by atoms with E-state index in [9.17, 15) is 10.1 Å². The second kappa shape index (κ2) is 9.06. The van der Waals surface area contributed by atoms with Gasteiger partial charge >= 0.3 is 0 Å². The molecule has 2 heterocycles. The molecule has 1 aromatic carbocycles. The van der Waals surface area contributed by atoms with Crippen molar-refractivity contribution in [3.05, 3.63) is 71.0 Å². The van der Waals surface area contributed by atoms with Crippen LogP contribution in [0.4, 0.5) is 5.82 Å². The Morgan fingerprint density at radius 1 is 1.19 bits per heavy atom. The fourth-order valence-corrected chi connectivity index (χ4v) is 2.95. The lowest BCUT2D eigenvalue weighted by Crippen LogP contribution is -2.44. The summed E-state index contributed by atoms with van der Waals surface area (Å²) >= 11 is 5.85. The predicted molar refractivity (Wildman–Crippen MR) is 105 cm³/mol. The second-order valence-corrected chi connectivity index (χ2v) is 6.61. The third-order valence-electron chi connectivity index (χ3n) is 4.33. The molecule has 1 saturated heterocycles. The molecule has 138 valence electrons. The van der Waals surface area contributed by atoms with E-state index in [0.29, 0.717) is 11.6 Å². The maximum atomic E-state index is 12.3. The summed E-state index contributed by atoms with van der Waals surface area (Å²) in [6, 6.07) is 15.1. The van der Waals surface area contributed by atoms with Crippen LogP contribution in [0.3, 0.4) is 0 Å². The van der Waals surface area contributed by atoms with E-state index >= 15 is 0 Å². The van der Waals surface area contributed by atoms with Crippen molar-refractivity contribution < 1.29 is 4.79 Å². The van der Waals surface area contributed by atoms with E-state index in [1.165, 1.54) is 0 Å². The predicted octanol–water partition coefficient (Wildman–Crippen LogP) is 2.58. The lowest BCUT2D eigenvalue weighted by atomic mass is 10.2. The number of carbonyl (C=O) groups is 1. The summed E-state index contributed by atoms with van der Waals surface area (Å²) in [4.78, 5) is 20.8. The number of anilines is 1. The van der Waals surface area contributed by atoms with E-state index in [1.54, 1.807) is 24.5 Å². The van der Waals surface area contributed by atoms with Gasteiger partial charge in [0.25, 0.3) is 5.91 Å². The Morgan fingerprint density at radius 3 is 2.56 bits per heavy atom. The largest absolute Gasteiger partial charge is 0.373 e. The molecule has 1 aliphatic rings. The molecule has 0 bridgehead atoms. The number of pyridine rings is 1. The first-order valence-electron chi connectivity index (χ1n) is 8.70. The van der Waals surface area contributed by atoms with Crippen LogP contribution in [0.15, 0.2) is 60.4 Å². The number of hydrogen-bond donors (Lipinski definition) is 1. The van der Waals surface area contributed by atoms with Crippen molar-refractivity contribution in [2.24, 2.45) is 0 Å². The number of nitrogens with zero attached hydrogens (tertiary/aromatic N) is 4. The van der Waals surface area contributed by atoms with Crippen LogP contribution in [0.25, 0.3) is 0 Å². The fraction of sp³-hybridized carbons (Fsp3) is 0.250. The molecular formula is C20H20ClN5O. The minimum Gasteiger partial charge on any atom is -0.373 e.